The van der Waals surface area contributed by atoms with Crippen LogP contribution < -0.4 is 4.90 Å². The van der Waals surface area contributed by atoms with Crippen molar-refractivity contribution in [3.05, 3.63) is 64.7 Å². The lowest BCUT2D eigenvalue weighted by Gasteiger charge is -2.34. The van der Waals surface area contributed by atoms with Crippen LogP contribution in [0.3, 0.4) is 0 Å². The van der Waals surface area contributed by atoms with E-state index in [9.17, 15) is 13.9 Å². The molecule has 7 heteroatoms. The predicted molar refractivity (Wildman–Crippen MR) is 115 cm³/mol. The van der Waals surface area contributed by atoms with Crippen molar-refractivity contribution in [3.8, 4) is 11.1 Å². The van der Waals surface area contributed by atoms with Gasteiger partial charge in [0.15, 0.2) is 0 Å². The monoisotopic (exact) mass is 434 g/mol. The third-order valence-corrected chi connectivity index (χ3v) is 5.64. The minimum atomic E-state index is -2.70. The highest BCUT2D eigenvalue weighted by atomic mass is 35.5. The number of halogens is 4. The van der Waals surface area contributed by atoms with Gasteiger partial charge in [-0.2, -0.15) is 0 Å². The molecule has 29 heavy (non-hydrogen) atoms. The molecule has 1 aliphatic heterocycles. The van der Waals surface area contributed by atoms with Crippen molar-refractivity contribution in [2.45, 2.75) is 18.8 Å². The summed E-state index contributed by atoms with van der Waals surface area (Å²) in [6.45, 7) is 3.95. The van der Waals surface area contributed by atoms with Gasteiger partial charge in [0.2, 0.25) is 0 Å². The topological polar surface area (TPSA) is 36.4 Å². The van der Waals surface area contributed by atoms with E-state index in [1.54, 1.807) is 17.0 Å². The average molecular weight is 435 g/mol. The number of nitrogens with zero attached hydrogens (tertiary/aromatic N) is 2. The summed E-state index contributed by atoms with van der Waals surface area (Å²) in [5.41, 5.74) is 2.37. The molecule has 1 fully saturated rings. The van der Waals surface area contributed by atoms with Crippen LogP contribution >= 0.6 is 23.2 Å². The van der Waals surface area contributed by atoms with Gasteiger partial charge in [-0.05, 0) is 17.7 Å². The van der Waals surface area contributed by atoms with Gasteiger partial charge >= 0.3 is 0 Å². The molecule has 150 valence electrons. The van der Waals surface area contributed by atoms with E-state index in [1.165, 1.54) is 0 Å². The van der Waals surface area contributed by atoms with E-state index in [1.807, 2.05) is 30.3 Å². The van der Waals surface area contributed by atoms with Crippen LogP contribution in [0.2, 0.25) is 10.0 Å². The van der Waals surface area contributed by atoms with Crippen LogP contribution in [-0.4, -0.2) is 29.1 Å². The number of aliphatic hydroxyl groups excluding tert-OH is 1. The molecule has 0 unspecified atom stereocenters. The van der Waals surface area contributed by atoms with Crippen molar-refractivity contribution < 1.29 is 13.9 Å². The molecule has 0 saturated carbocycles. The van der Waals surface area contributed by atoms with E-state index < -0.39 is 5.92 Å². The Morgan fingerprint density at radius 3 is 2.38 bits per heavy atom. The zero-order valence-corrected chi connectivity index (χ0v) is 16.9. The maximum atomic E-state index is 13.7. The van der Waals surface area contributed by atoms with Gasteiger partial charge in [-0.1, -0.05) is 60.1 Å². The van der Waals surface area contributed by atoms with Crippen molar-refractivity contribution in [2.75, 3.05) is 18.0 Å². The van der Waals surface area contributed by atoms with E-state index in [4.69, 9.17) is 23.2 Å². The number of benzene rings is 2. The van der Waals surface area contributed by atoms with Gasteiger partial charge in [-0.15, -0.1) is 0 Å². The van der Waals surface area contributed by atoms with Crippen molar-refractivity contribution in [1.29, 1.82) is 0 Å². The standard InChI is InChI=1S/C22H18Cl2F2N2O/c1-13(29)18-19(14-5-3-2-4-6-14)16-11-15(23)12-17(24)20(16)27-21(18)28-9-7-22(25,26)8-10-28/h2-6,11-12,29H,1,7-10H2. The molecular formula is C22H18Cl2F2N2O. The van der Waals surface area contributed by atoms with Crippen LogP contribution in [0.25, 0.3) is 27.8 Å². The van der Waals surface area contributed by atoms with Gasteiger partial charge in [0.05, 0.1) is 16.1 Å². The predicted octanol–water partition coefficient (Wildman–Crippen LogP) is 6.97. The lowest BCUT2D eigenvalue weighted by atomic mass is 9.94. The van der Waals surface area contributed by atoms with Crippen molar-refractivity contribution in [2.24, 2.45) is 0 Å². The second kappa shape index (κ2) is 7.47. The molecule has 1 aromatic heterocycles. The first kappa shape index (κ1) is 19.9. The van der Waals surface area contributed by atoms with Gasteiger partial charge in [0.25, 0.3) is 5.92 Å². The average Bonchev–Trinajstić information content (AvgIpc) is 2.67. The zero-order chi connectivity index (χ0) is 20.8. The molecule has 2 aromatic carbocycles. The SMILES string of the molecule is C=C(O)c1c(N2CCC(F)(F)CC2)nc2c(Cl)cc(Cl)cc2c1-c1ccccc1. The maximum Gasteiger partial charge on any atom is 0.251 e. The fourth-order valence-corrected chi connectivity index (χ4v) is 4.27. The Kier molecular flexibility index (Phi) is 5.13. The summed E-state index contributed by atoms with van der Waals surface area (Å²) in [5.74, 6) is -2.50. The number of anilines is 1. The smallest absolute Gasteiger partial charge is 0.251 e. The number of alkyl halides is 2. The molecule has 1 N–H and O–H groups in total. The summed E-state index contributed by atoms with van der Waals surface area (Å²) in [6.07, 6.45) is -0.557. The summed E-state index contributed by atoms with van der Waals surface area (Å²) < 4.78 is 27.4. The first-order chi connectivity index (χ1) is 13.8. The van der Waals surface area contributed by atoms with E-state index in [2.05, 4.69) is 11.6 Å². The summed E-state index contributed by atoms with van der Waals surface area (Å²) >= 11 is 12.7. The number of hydrogen-bond donors (Lipinski definition) is 1. The number of rotatable bonds is 3. The minimum absolute atomic E-state index is 0.116. The highest BCUT2D eigenvalue weighted by molar-refractivity contribution is 6.39. The normalized spacial score (nSPS) is 16.2. The van der Waals surface area contributed by atoms with Gasteiger partial charge in [-0.3, -0.25) is 0 Å². The van der Waals surface area contributed by atoms with Crippen LogP contribution in [0, 0.1) is 0 Å². The molecule has 3 aromatic rings. The minimum Gasteiger partial charge on any atom is -0.508 e. The molecule has 3 nitrogen and oxygen atoms in total. The fourth-order valence-electron chi connectivity index (χ4n) is 3.73. The molecule has 1 aliphatic rings. The number of piperidine rings is 1. The highest BCUT2D eigenvalue weighted by Gasteiger charge is 2.36. The first-order valence-corrected chi connectivity index (χ1v) is 9.91. The molecule has 2 heterocycles. The largest absolute Gasteiger partial charge is 0.508 e. The Labute approximate surface area is 177 Å². The van der Waals surface area contributed by atoms with Gasteiger partial charge in [-0.25, -0.2) is 13.8 Å². The lowest BCUT2D eigenvalue weighted by molar-refractivity contribution is -0.0221. The molecule has 0 amide bonds. The molecule has 0 spiro atoms. The molecule has 0 aliphatic carbocycles. The lowest BCUT2D eigenvalue weighted by Crippen LogP contribution is -2.40. The van der Waals surface area contributed by atoms with Crippen LogP contribution in [0.1, 0.15) is 18.4 Å². The Bertz CT molecular complexity index is 1090. The fraction of sp³-hybridized carbons (Fsp3) is 0.227. The van der Waals surface area contributed by atoms with E-state index >= 15 is 0 Å². The zero-order valence-electron chi connectivity index (χ0n) is 15.4. The number of aromatic nitrogens is 1. The Morgan fingerprint density at radius 1 is 1.10 bits per heavy atom. The first-order valence-electron chi connectivity index (χ1n) is 9.16. The van der Waals surface area contributed by atoms with Crippen LogP contribution in [0.5, 0.6) is 0 Å². The maximum absolute atomic E-state index is 13.7. The van der Waals surface area contributed by atoms with Gasteiger partial charge < -0.3 is 10.0 Å². The number of fused-ring (bicyclic) bond motifs is 1. The van der Waals surface area contributed by atoms with Crippen LogP contribution in [-0.2, 0) is 0 Å². The van der Waals surface area contributed by atoms with Gasteiger partial charge in [0.1, 0.15) is 11.6 Å². The Hall–Kier alpha value is -2.37. The number of hydrogen-bond acceptors (Lipinski definition) is 3. The molecule has 4 rings (SSSR count). The highest BCUT2D eigenvalue weighted by Crippen LogP contribution is 2.43. The second-order valence-electron chi connectivity index (χ2n) is 7.12. The molecule has 0 bridgehead atoms. The summed E-state index contributed by atoms with van der Waals surface area (Å²) in [5, 5.41) is 11.9. The molecule has 0 radical (unpaired) electrons. The third kappa shape index (κ3) is 3.77. The number of aliphatic hydroxyl groups is 1. The van der Waals surface area contributed by atoms with E-state index in [0.717, 1.165) is 5.56 Å². The van der Waals surface area contributed by atoms with Crippen LogP contribution in [0.15, 0.2) is 49.0 Å². The summed E-state index contributed by atoms with van der Waals surface area (Å²) in [7, 11) is 0. The number of pyridine rings is 1. The van der Waals surface area contributed by atoms with Crippen molar-refractivity contribution in [1.82, 2.24) is 4.98 Å². The van der Waals surface area contributed by atoms with Crippen LogP contribution in [0.4, 0.5) is 14.6 Å². The third-order valence-electron chi connectivity index (χ3n) is 5.13. The van der Waals surface area contributed by atoms with Crippen molar-refractivity contribution >= 4 is 45.7 Å². The summed E-state index contributed by atoms with van der Waals surface area (Å²) in [4.78, 5) is 6.42. The van der Waals surface area contributed by atoms with Gasteiger partial charge in [0, 0.05) is 41.9 Å². The van der Waals surface area contributed by atoms with Crippen molar-refractivity contribution in [3.63, 3.8) is 0 Å². The molecular weight excluding hydrogens is 417 g/mol. The van der Waals surface area contributed by atoms with E-state index in [0.29, 0.717) is 37.9 Å². The Morgan fingerprint density at radius 2 is 1.76 bits per heavy atom. The summed E-state index contributed by atoms with van der Waals surface area (Å²) in [6, 6.07) is 12.7. The molecule has 1 saturated heterocycles. The van der Waals surface area contributed by atoms with E-state index in [-0.39, 0.29) is 31.7 Å². The Balaban J connectivity index is 2.04. The molecule has 0 atom stereocenters. The second-order valence-corrected chi connectivity index (χ2v) is 7.97. The quantitative estimate of drug-likeness (QED) is 0.452.